The van der Waals surface area contributed by atoms with Gasteiger partial charge < -0.3 is 19.5 Å². The van der Waals surface area contributed by atoms with Crippen LogP contribution in [0.5, 0.6) is 0 Å². The van der Waals surface area contributed by atoms with Crippen LogP contribution < -0.4 is 0 Å². The Morgan fingerprint density at radius 1 is 0.970 bits per heavy atom. The Kier molecular flexibility index (Phi) is 6.19. The van der Waals surface area contributed by atoms with E-state index in [0.29, 0.717) is 30.9 Å². The Hall–Kier alpha value is -2.74. The maximum absolute atomic E-state index is 11.8. The molecule has 1 atom stereocenters. The monoisotopic (exact) mass is 450 g/mol. The number of cyclic esters (lactones) is 2. The lowest BCUT2D eigenvalue weighted by Crippen LogP contribution is -2.48. The van der Waals surface area contributed by atoms with E-state index in [9.17, 15) is 14.7 Å². The third kappa shape index (κ3) is 4.53. The highest BCUT2D eigenvalue weighted by Gasteiger charge is 2.27. The number of ether oxygens (including phenoxy) is 2. The van der Waals surface area contributed by atoms with E-state index in [2.05, 4.69) is 15.9 Å². The zero-order valence-corrected chi connectivity index (χ0v) is 19.0. The molecule has 2 aromatic carbocycles. The predicted molar refractivity (Wildman–Crippen MR) is 122 cm³/mol. The Morgan fingerprint density at radius 2 is 1.70 bits per heavy atom. The number of hydrogen-bond donors (Lipinski definition) is 1. The first kappa shape index (κ1) is 22.1. The summed E-state index contributed by atoms with van der Waals surface area (Å²) in [6.45, 7) is 8.07. The van der Waals surface area contributed by atoms with Crippen LogP contribution in [0.2, 0.25) is 0 Å². The minimum Gasteiger partial charge on any atom is -0.462 e. The van der Waals surface area contributed by atoms with Crippen LogP contribution >= 0.6 is 0 Å². The van der Waals surface area contributed by atoms with Gasteiger partial charge in [0.1, 0.15) is 6.61 Å². The first-order chi connectivity index (χ1) is 16.0. The van der Waals surface area contributed by atoms with Crippen molar-refractivity contribution >= 4 is 11.9 Å². The lowest BCUT2D eigenvalue weighted by Gasteiger charge is -2.36. The van der Waals surface area contributed by atoms with E-state index >= 15 is 0 Å². The molecular formula is C26H30N2O5. The Bertz CT molecular complexity index is 1070. The van der Waals surface area contributed by atoms with Crippen molar-refractivity contribution < 1.29 is 24.2 Å². The molecule has 3 aliphatic heterocycles. The summed E-state index contributed by atoms with van der Waals surface area (Å²) in [6, 6.07) is 9.72. The molecule has 7 heteroatoms. The summed E-state index contributed by atoms with van der Waals surface area (Å²) in [5.74, 6) is -0.485. The number of esters is 2. The lowest BCUT2D eigenvalue weighted by molar-refractivity contribution is 0.0478. The zero-order valence-electron chi connectivity index (χ0n) is 19.0. The molecule has 1 saturated heterocycles. The number of rotatable bonds is 6. The molecule has 33 heavy (non-hydrogen) atoms. The van der Waals surface area contributed by atoms with E-state index in [1.165, 1.54) is 5.56 Å². The highest BCUT2D eigenvalue weighted by atomic mass is 16.5. The molecule has 0 aromatic heterocycles. The Balaban J connectivity index is 1.11. The van der Waals surface area contributed by atoms with E-state index in [4.69, 9.17) is 9.47 Å². The van der Waals surface area contributed by atoms with E-state index in [0.717, 1.165) is 67.8 Å². The van der Waals surface area contributed by atoms with E-state index in [1.807, 2.05) is 25.1 Å². The smallest absolute Gasteiger partial charge is 0.338 e. The summed E-state index contributed by atoms with van der Waals surface area (Å²) < 4.78 is 10.2. The molecule has 0 spiro atoms. The van der Waals surface area contributed by atoms with Gasteiger partial charge in [0, 0.05) is 51.3 Å². The molecule has 3 heterocycles. The molecule has 0 bridgehead atoms. The number of β-amino-alcohol motifs (C(OH)–C–C–N with tert-alkyl or cyclic N) is 1. The third-order valence-electron chi connectivity index (χ3n) is 7.17. The molecule has 1 N–H and O–H groups in total. The largest absolute Gasteiger partial charge is 0.462 e. The summed E-state index contributed by atoms with van der Waals surface area (Å²) in [7, 11) is 0. The van der Waals surface area contributed by atoms with Crippen LogP contribution in [0.15, 0.2) is 30.3 Å². The number of fused-ring (bicyclic) bond motifs is 2. The molecule has 0 aliphatic carbocycles. The Morgan fingerprint density at radius 3 is 2.52 bits per heavy atom. The number of aliphatic hydroxyl groups is 1. The molecular weight excluding hydrogens is 420 g/mol. The number of carbonyl (C=O) groups is 2. The van der Waals surface area contributed by atoms with Crippen molar-refractivity contribution in [2.45, 2.75) is 32.5 Å². The molecule has 3 aliphatic rings. The molecule has 0 unspecified atom stereocenters. The summed E-state index contributed by atoms with van der Waals surface area (Å²) in [5.41, 5.74) is 6.43. The lowest BCUT2D eigenvalue weighted by atomic mass is 9.95. The second-order valence-corrected chi connectivity index (χ2v) is 9.17. The summed E-state index contributed by atoms with van der Waals surface area (Å²) in [4.78, 5) is 28.3. The summed E-state index contributed by atoms with van der Waals surface area (Å²) in [6.07, 6.45) is 1.17. The molecule has 174 valence electrons. The number of carbonyl (C=O) groups excluding carboxylic acids is 2. The Labute approximate surface area is 193 Å². The second kappa shape index (κ2) is 9.25. The van der Waals surface area contributed by atoms with Gasteiger partial charge in [-0.15, -0.1) is 0 Å². The molecule has 7 nitrogen and oxygen atoms in total. The van der Waals surface area contributed by atoms with Crippen LogP contribution in [0.4, 0.5) is 0 Å². The topological polar surface area (TPSA) is 79.3 Å². The van der Waals surface area contributed by atoms with Crippen molar-refractivity contribution in [3.63, 3.8) is 0 Å². The standard InChI is InChI=1S/C26H30N2O5/c1-17-20(4-5-22-23(17)16-33-26(22)31)24(29)15-28-11-9-27(10-12-28)8-6-18-2-3-21-19(14-18)7-13-32-25(21)30/h2-5,14,24,29H,6-13,15-16H2,1H3/t24-/m1/s1. The van der Waals surface area contributed by atoms with Crippen molar-refractivity contribution in [2.24, 2.45) is 0 Å². The molecule has 5 rings (SSSR count). The number of hydrogen-bond acceptors (Lipinski definition) is 7. The SMILES string of the molecule is Cc1c([C@H](O)CN2CCN(CCc3ccc4c(c3)CCOC4=O)CC2)ccc2c1COC2=O. The van der Waals surface area contributed by atoms with E-state index in [-0.39, 0.29) is 11.9 Å². The fourth-order valence-corrected chi connectivity index (χ4v) is 5.09. The highest BCUT2D eigenvalue weighted by molar-refractivity contribution is 5.94. The van der Waals surface area contributed by atoms with Gasteiger partial charge in [0.15, 0.2) is 0 Å². The van der Waals surface area contributed by atoms with Crippen LogP contribution in [0, 0.1) is 6.92 Å². The first-order valence-corrected chi connectivity index (χ1v) is 11.7. The minimum absolute atomic E-state index is 0.210. The summed E-state index contributed by atoms with van der Waals surface area (Å²) >= 11 is 0. The minimum atomic E-state index is -0.584. The summed E-state index contributed by atoms with van der Waals surface area (Å²) in [5, 5.41) is 10.9. The van der Waals surface area contributed by atoms with Crippen LogP contribution in [0.25, 0.3) is 0 Å². The van der Waals surface area contributed by atoms with Gasteiger partial charge in [-0.1, -0.05) is 18.2 Å². The molecule has 0 amide bonds. The second-order valence-electron chi connectivity index (χ2n) is 9.17. The third-order valence-corrected chi connectivity index (χ3v) is 7.17. The number of aliphatic hydroxyl groups excluding tert-OH is 1. The van der Waals surface area contributed by atoms with Crippen molar-refractivity contribution in [2.75, 3.05) is 45.9 Å². The zero-order chi connectivity index (χ0) is 22.9. The average molecular weight is 451 g/mol. The van der Waals surface area contributed by atoms with Gasteiger partial charge >= 0.3 is 11.9 Å². The van der Waals surface area contributed by atoms with Crippen molar-refractivity contribution in [1.29, 1.82) is 0 Å². The molecule has 1 fully saturated rings. The molecule has 0 radical (unpaired) electrons. The van der Waals surface area contributed by atoms with Crippen molar-refractivity contribution in [3.8, 4) is 0 Å². The molecule has 0 saturated carbocycles. The van der Waals surface area contributed by atoms with E-state index in [1.54, 1.807) is 6.07 Å². The van der Waals surface area contributed by atoms with Crippen molar-refractivity contribution in [1.82, 2.24) is 9.80 Å². The van der Waals surface area contributed by atoms with Crippen LogP contribution in [-0.2, 0) is 28.9 Å². The van der Waals surface area contributed by atoms with Gasteiger partial charge in [-0.25, -0.2) is 9.59 Å². The maximum atomic E-state index is 11.8. The van der Waals surface area contributed by atoms with E-state index < -0.39 is 6.10 Å². The van der Waals surface area contributed by atoms with Crippen LogP contribution in [0.3, 0.4) is 0 Å². The van der Waals surface area contributed by atoms with Gasteiger partial charge in [0.2, 0.25) is 0 Å². The van der Waals surface area contributed by atoms with Gasteiger partial charge in [0.05, 0.1) is 23.8 Å². The first-order valence-electron chi connectivity index (χ1n) is 11.7. The van der Waals surface area contributed by atoms with Gasteiger partial charge in [-0.05, 0) is 47.7 Å². The van der Waals surface area contributed by atoms with Gasteiger partial charge in [-0.3, -0.25) is 4.90 Å². The fourth-order valence-electron chi connectivity index (χ4n) is 5.09. The number of nitrogens with zero attached hydrogens (tertiary/aromatic N) is 2. The quantitative estimate of drug-likeness (QED) is 0.677. The number of benzene rings is 2. The maximum Gasteiger partial charge on any atom is 0.338 e. The highest BCUT2D eigenvalue weighted by Crippen LogP contribution is 2.29. The molecule has 2 aromatic rings. The average Bonchev–Trinajstić information content (AvgIpc) is 3.20. The van der Waals surface area contributed by atoms with Crippen molar-refractivity contribution in [3.05, 3.63) is 69.3 Å². The van der Waals surface area contributed by atoms with Gasteiger partial charge in [-0.2, -0.15) is 0 Å². The fraction of sp³-hybridized carbons (Fsp3) is 0.462. The normalized spacial score (nSPS) is 19.6. The van der Waals surface area contributed by atoms with Gasteiger partial charge in [0.25, 0.3) is 0 Å². The van der Waals surface area contributed by atoms with Crippen LogP contribution in [0.1, 0.15) is 54.6 Å². The van der Waals surface area contributed by atoms with Crippen LogP contribution in [-0.4, -0.2) is 72.7 Å². The number of piperazine rings is 1. The predicted octanol–water partition coefficient (Wildman–Crippen LogP) is 2.27.